The maximum Gasteiger partial charge on any atom is 0.315 e. The molecule has 0 bridgehead atoms. The Balaban J connectivity index is 1.47. The molecule has 29 heavy (non-hydrogen) atoms. The molecule has 1 heterocycles. The van der Waals surface area contributed by atoms with E-state index in [1.54, 1.807) is 0 Å². The highest BCUT2D eigenvalue weighted by Crippen LogP contribution is 2.15. The van der Waals surface area contributed by atoms with Crippen molar-refractivity contribution in [2.45, 2.75) is 39.1 Å². The van der Waals surface area contributed by atoms with Crippen molar-refractivity contribution in [2.24, 2.45) is 0 Å². The first-order valence-corrected chi connectivity index (χ1v) is 10.5. The maximum atomic E-state index is 12.7. The van der Waals surface area contributed by atoms with Crippen molar-refractivity contribution in [3.05, 3.63) is 69.7 Å². The normalized spacial score (nSPS) is 18.9. The minimum absolute atomic E-state index is 0.0123. The molecule has 0 spiro atoms. The number of carbonyl (C=O) groups excluding carboxylic acids is 2. The van der Waals surface area contributed by atoms with Crippen molar-refractivity contribution in [3.8, 4) is 0 Å². The number of morpholine rings is 1. The van der Waals surface area contributed by atoms with E-state index in [2.05, 4.69) is 26.6 Å². The van der Waals surface area contributed by atoms with Crippen LogP contribution in [0.5, 0.6) is 0 Å². The van der Waals surface area contributed by atoms with Gasteiger partial charge in [-0.3, -0.25) is 4.79 Å². The molecule has 0 radical (unpaired) electrons. The number of nitrogens with one attached hydrogen (secondary N) is 2. The summed E-state index contributed by atoms with van der Waals surface area (Å²) in [5, 5.41) is 5.67. The van der Waals surface area contributed by atoms with Crippen molar-refractivity contribution in [3.63, 3.8) is 0 Å². The fraction of sp³-hybridized carbons (Fsp3) is 0.364. The number of ether oxygens (including phenoxy) is 1. The van der Waals surface area contributed by atoms with E-state index in [1.165, 1.54) is 0 Å². The van der Waals surface area contributed by atoms with Gasteiger partial charge < -0.3 is 20.3 Å². The van der Waals surface area contributed by atoms with E-state index in [-0.39, 0.29) is 24.1 Å². The lowest BCUT2D eigenvalue weighted by Gasteiger charge is -2.35. The standard InChI is InChI=1S/C22H26BrN3O3/c1-15-13-26(14-16(2)29-15)21(27)19-8-6-17(7-9-19)11-24-22(28)25-12-18-4-3-5-20(23)10-18/h3-10,15-16H,11-14H2,1-2H3,(H2,24,25,28). The fourth-order valence-electron chi connectivity index (χ4n) is 3.37. The van der Waals surface area contributed by atoms with Crippen molar-refractivity contribution >= 4 is 27.9 Å². The highest BCUT2D eigenvalue weighted by atomic mass is 79.9. The van der Waals surface area contributed by atoms with E-state index in [9.17, 15) is 9.59 Å². The van der Waals surface area contributed by atoms with Crippen LogP contribution in [0.15, 0.2) is 53.0 Å². The molecule has 1 aliphatic heterocycles. The number of benzene rings is 2. The zero-order chi connectivity index (χ0) is 20.8. The highest BCUT2D eigenvalue weighted by Gasteiger charge is 2.26. The van der Waals surface area contributed by atoms with Crippen LogP contribution in [0.1, 0.15) is 35.3 Å². The van der Waals surface area contributed by atoms with Gasteiger partial charge in [-0.1, -0.05) is 40.2 Å². The molecule has 154 valence electrons. The molecule has 2 unspecified atom stereocenters. The Morgan fingerprint density at radius 1 is 1.00 bits per heavy atom. The number of carbonyl (C=O) groups is 2. The number of hydrogen-bond donors (Lipinski definition) is 2. The van der Waals surface area contributed by atoms with Crippen LogP contribution < -0.4 is 10.6 Å². The van der Waals surface area contributed by atoms with Gasteiger partial charge in [0.2, 0.25) is 0 Å². The largest absolute Gasteiger partial charge is 0.372 e. The first-order chi connectivity index (χ1) is 13.9. The molecule has 0 saturated carbocycles. The molecule has 2 atom stereocenters. The van der Waals surface area contributed by atoms with Gasteiger partial charge in [0.15, 0.2) is 0 Å². The zero-order valence-electron chi connectivity index (χ0n) is 16.7. The van der Waals surface area contributed by atoms with E-state index in [0.29, 0.717) is 31.7 Å². The van der Waals surface area contributed by atoms with Crippen LogP contribution in [0.4, 0.5) is 4.79 Å². The highest BCUT2D eigenvalue weighted by molar-refractivity contribution is 9.10. The lowest BCUT2D eigenvalue weighted by molar-refractivity contribution is -0.0586. The summed E-state index contributed by atoms with van der Waals surface area (Å²) >= 11 is 3.42. The summed E-state index contributed by atoms with van der Waals surface area (Å²) < 4.78 is 6.67. The minimum Gasteiger partial charge on any atom is -0.372 e. The van der Waals surface area contributed by atoms with Gasteiger partial charge in [0.05, 0.1) is 12.2 Å². The molecule has 3 rings (SSSR count). The quantitative estimate of drug-likeness (QED) is 0.715. The molecule has 1 fully saturated rings. The average molecular weight is 460 g/mol. The number of urea groups is 1. The summed E-state index contributed by atoms with van der Waals surface area (Å²) in [6.45, 7) is 6.01. The monoisotopic (exact) mass is 459 g/mol. The van der Waals surface area contributed by atoms with Crippen molar-refractivity contribution < 1.29 is 14.3 Å². The average Bonchev–Trinajstić information content (AvgIpc) is 2.70. The molecule has 0 aromatic heterocycles. The van der Waals surface area contributed by atoms with Crippen LogP contribution >= 0.6 is 15.9 Å². The van der Waals surface area contributed by atoms with Crippen LogP contribution in [0.25, 0.3) is 0 Å². The zero-order valence-corrected chi connectivity index (χ0v) is 18.2. The SMILES string of the molecule is CC1CN(C(=O)c2ccc(CNC(=O)NCc3cccc(Br)c3)cc2)CC(C)O1. The van der Waals surface area contributed by atoms with E-state index >= 15 is 0 Å². The third kappa shape index (κ3) is 6.30. The summed E-state index contributed by atoms with van der Waals surface area (Å²) in [6, 6.07) is 14.9. The Labute approximate surface area is 179 Å². The Morgan fingerprint density at radius 3 is 2.24 bits per heavy atom. The molecule has 2 N–H and O–H groups in total. The van der Waals surface area contributed by atoms with Crippen LogP contribution in [-0.4, -0.2) is 42.1 Å². The molecular formula is C22H26BrN3O3. The second kappa shape index (κ2) is 9.89. The van der Waals surface area contributed by atoms with E-state index < -0.39 is 0 Å². The third-order valence-electron chi connectivity index (χ3n) is 4.70. The van der Waals surface area contributed by atoms with Crippen molar-refractivity contribution in [1.29, 1.82) is 0 Å². The Kier molecular flexibility index (Phi) is 7.28. The van der Waals surface area contributed by atoms with Gasteiger partial charge in [-0.2, -0.15) is 0 Å². The number of halogens is 1. The predicted molar refractivity (Wildman–Crippen MR) is 116 cm³/mol. The fourth-order valence-corrected chi connectivity index (χ4v) is 3.81. The summed E-state index contributed by atoms with van der Waals surface area (Å²) in [5.74, 6) is 0.0123. The molecule has 2 aromatic rings. The number of nitrogens with zero attached hydrogens (tertiary/aromatic N) is 1. The first kappa shape index (κ1) is 21.3. The van der Waals surface area contributed by atoms with Gasteiger partial charge >= 0.3 is 6.03 Å². The molecule has 7 heteroatoms. The molecule has 1 saturated heterocycles. The Bertz CT molecular complexity index is 847. The topological polar surface area (TPSA) is 70.7 Å². The smallest absolute Gasteiger partial charge is 0.315 e. The van der Waals surface area contributed by atoms with Crippen molar-refractivity contribution in [1.82, 2.24) is 15.5 Å². The Morgan fingerprint density at radius 2 is 1.62 bits per heavy atom. The summed E-state index contributed by atoms with van der Waals surface area (Å²) in [6.07, 6.45) is 0.0865. The molecular weight excluding hydrogens is 434 g/mol. The van der Waals surface area contributed by atoms with Gasteiger partial charge in [0.1, 0.15) is 0 Å². The summed E-state index contributed by atoms with van der Waals surface area (Å²) in [7, 11) is 0. The minimum atomic E-state index is -0.235. The first-order valence-electron chi connectivity index (χ1n) is 9.70. The van der Waals surface area contributed by atoms with Crippen LogP contribution in [-0.2, 0) is 17.8 Å². The van der Waals surface area contributed by atoms with E-state index in [1.807, 2.05) is 67.3 Å². The number of rotatable bonds is 5. The summed E-state index contributed by atoms with van der Waals surface area (Å²) in [4.78, 5) is 26.5. The predicted octanol–water partition coefficient (Wildman–Crippen LogP) is 3.70. The molecule has 2 aromatic carbocycles. The van der Waals surface area contributed by atoms with Crippen LogP contribution in [0, 0.1) is 0 Å². The molecule has 0 aliphatic carbocycles. The van der Waals surface area contributed by atoms with Crippen LogP contribution in [0.3, 0.4) is 0 Å². The van der Waals surface area contributed by atoms with E-state index in [0.717, 1.165) is 15.6 Å². The van der Waals surface area contributed by atoms with Crippen molar-refractivity contribution in [2.75, 3.05) is 13.1 Å². The van der Waals surface area contributed by atoms with Gasteiger partial charge in [-0.05, 0) is 49.2 Å². The lowest BCUT2D eigenvalue weighted by atomic mass is 10.1. The van der Waals surface area contributed by atoms with E-state index in [4.69, 9.17) is 4.74 Å². The molecule has 1 aliphatic rings. The lowest BCUT2D eigenvalue weighted by Crippen LogP contribution is -2.48. The van der Waals surface area contributed by atoms with Gasteiger partial charge in [-0.15, -0.1) is 0 Å². The second-order valence-electron chi connectivity index (χ2n) is 7.33. The number of amides is 3. The number of hydrogen-bond acceptors (Lipinski definition) is 3. The van der Waals surface area contributed by atoms with Gasteiger partial charge in [-0.25, -0.2) is 4.79 Å². The molecule has 6 nitrogen and oxygen atoms in total. The maximum absolute atomic E-state index is 12.7. The molecule has 3 amide bonds. The van der Waals surface area contributed by atoms with Gasteiger partial charge in [0, 0.05) is 36.2 Å². The Hall–Kier alpha value is -2.38. The van der Waals surface area contributed by atoms with Gasteiger partial charge in [0.25, 0.3) is 5.91 Å². The summed E-state index contributed by atoms with van der Waals surface area (Å²) in [5.41, 5.74) is 2.60. The van der Waals surface area contributed by atoms with Crippen LogP contribution in [0.2, 0.25) is 0 Å². The third-order valence-corrected chi connectivity index (χ3v) is 5.20. The second-order valence-corrected chi connectivity index (χ2v) is 8.25.